The van der Waals surface area contributed by atoms with Gasteiger partial charge in [0.2, 0.25) is 5.91 Å². The molecule has 0 aliphatic carbocycles. The molecule has 3 heteroatoms. The summed E-state index contributed by atoms with van der Waals surface area (Å²) in [6.07, 6.45) is 1.72. The van der Waals surface area contributed by atoms with E-state index in [0.717, 1.165) is 19.4 Å². The van der Waals surface area contributed by atoms with E-state index in [0.29, 0.717) is 6.54 Å². The summed E-state index contributed by atoms with van der Waals surface area (Å²) in [5, 5.41) is 0. The third-order valence-corrected chi connectivity index (χ3v) is 3.45. The summed E-state index contributed by atoms with van der Waals surface area (Å²) in [6.45, 7) is 7.60. The van der Waals surface area contributed by atoms with Crippen LogP contribution in [0.4, 0.5) is 0 Å². The molecular weight excluding hydrogens is 248 g/mol. The Kier molecular flexibility index (Phi) is 6.21. The van der Waals surface area contributed by atoms with Gasteiger partial charge in [0.05, 0.1) is 5.92 Å². The Morgan fingerprint density at radius 3 is 2.35 bits per heavy atom. The number of hydrogen-bond donors (Lipinski definition) is 1. The zero-order chi connectivity index (χ0) is 15.2. The van der Waals surface area contributed by atoms with Crippen LogP contribution < -0.4 is 5.73 Å². The first-order chi connectivity index (χ1) is 9.33. The quantitative estimate of drug-likeness (QED) is 0.868. The maximum absolute atomic E-state index is 12.4. The van der Waals surface area contributed by atoms with Gasteiger partial charge in [-0.3, -0.25) is 4.79 Å². The van der Waals surface area contributed by atoms with Crippen molar-refractivity contribution in [2.75, 3.05) is 20.1 Å². The largest absolute Gasteiger partial charge is 0.345 e. The summed E-state index contributed by atoms with van der Waals surface area (Å²) in [6, 6.07) is 10.2. The summed E-state index contributed by atoms with van der Waals surface area (Å²) in [4.78, 5) is 14.2. The number of carbonyl (C=O) groups is 1. The van der Waals surface area contributed by atoms with Crippen molar-refractivity contribution < 1.29 is 4.79 Å². The van der Waals surface area contributed by atoms with Crippen molar-refractivity contribution in [1.29, 1.82) is 0 Å². The highest BCUT2D eigenvalue weighted by Gasteiger charge is 2.25. The predicted molar refractivity (Wildman–Crippen MR) is 84.4 cm³/mol. The number of nitrogens with two attached hydrogens (primary N) is 1. The smallest absolute Gasteiger partial charge is 0.226 e. The van der Waals surface area contributed by atoms with E-state index in [1.54, 1.807) is 0 Å². The fraction of sp³-hybridized carbons (Fsp3) is 0.588. The third-order valence-electron chi connectivity index (χ3n) is 3.45. The van der Waals surface area contributed by atoms with Crippen LogP contribution >= 0.6 is 0 Å². The molecule has 0 saturated carbocycles. The van der Waals surface area contributed by atoms with Crippen LogP contribution in [0.2, 0.25) is 0 Å². The Hall–Kier alpha value is -1.35. The van der Waals surface area contributed by atoms with Gasteiger partial charge in [-0.05, 0) is 23.8 Å². The van der Waals surface area contributed by atoms with Crippen LogP contribution in [0, 0.1) is 11.3 Å². The van der Waals surface area contributed by atoms with E-state index in [2.05, 4.69) is 32.9 Å². The number of nitrogens with zero attached hydrogens (tertiary/aromatic N) is 1. The van der Waals surface area contributed by atoms with Gasteiger partial charge in [0.15, 0.2) is 0 Å². The van der Waals surface area contributed by atoms with Crippen molar-refractivity contribution >= 4 is 5.91 Å². The molecule has 1 unspecified atom stereocenters. The Labute approximate surface area is 123 Å². The molecule has 1 aromatic rings. The van der Waals surface area contributed by atoms with E-state index in [-0.39, 0.29) is 17.2 Å². The summed E-state index contributed by atoms with van der Waals surface area (Å²) < 4.78 is 0. The minimum atomic E-state index is -0.0734. The van der Waals surface area contributed by atoms with Crippen molar-refractivity contribution in [3.05, 3.63) is 35.9 Å². The number of rotatable bonds is 6. The highest BCUT2D eigenvalue weighted by molar-refractivity contribution is 5.78. The van der Waals surface area contributed by atoms with E-state index in [1.165, 1.54) is 5.56 Å². The van der Waals surface area contributed by atoms with Gasteiger partial charge in [-0.25, -0.2) is 0 Å². The normalized spacial score (nSPS) is 13.1. The maximum Gasteiger partial charge on any atom is 0.226 e. The summed E-state index contributed by atoms with van der Waals surface area (Å²) in [7, 11) is 1.87. The van der Waals surface area contributed by atoms with Crippen LogP contribution in [-0.2, 0) is 11.2 Å². The molecule has 1 rings (SSSR count). The molecule has 0 aromatic heterocycles. The SMILES string of the molecule is CN(CCc1ccccc1)C(=O)C(CN)CC(C)(C)C. The fourth-order valence-electron chi connectivity index (χ4n) is 2.37. The van der Waals surface area contributed by atoms with Crippen LogP contribution in [0.25, 0.3) is 0 Å². The number of benzene rings is 1. The van der Waals surface area contributed by atoms with Crippen LogP contribution in [0.15, 0.2) is 30.3 Å². The predicted octanol–water partition coefficient (Wildman–Crippen LogP) is 2.70. The fourth-order valence-corrected chi connectivity index (χ4v) is 2.37. The van der Waals surface area contributed by atoms with Gasteiger partial charge in [0.1, 0.15) is 0 Å². The second-order valence-electron chi connectivity index (χ2n) is 6.69. The number of amides is 1. The van der Waals surface area contributed by atoms with Crippen molar-refractivity contribution in [3.8, 4) is 0 Å². The highest BCUT2D eigenvalue weighted by atomic mass is 16.2. The molecule has 3 nitrogen and oxygen atoms in total. The van der Waals surface area contributed by atoms with E-state index in [9.17, 15) is 4.79 Å². The van der Waals surface area contributed by atoms with Gasteiger partial charge in [-0.2, -0.15) is 0 Å². The second-order valence-corrected chi connectivity index (χ2v) is 6.69. The van der Waals surface area contributed by atoms with Crippen LogP contribution in [0.1, 0.15) is 32.8 Å². The molecule has 0 fully saturated rings. The van der Waals surface area contributed by atoms with Crippen molar-refractivity contribution in [3.63, 3.8) is 0 Å². The maximum atomic E-state index is 12.4. The Balaban J connectivity index is 2.52. The molecule has 0 spiro atoms. The van der Waals surface area contributed by atoms with Gasteiger partial charge in [0.25, 0.3) is 0 Å². The first-order valence-corrected chi connectivity index (χ1v) is 7.32. The van der Waals surface area contributed by atoms with Gasteiger partial charge in [-0.15, -0.1) is 0 Å². The standard InChI is InChI=1S/C17H28N2O/c1-17(2,3)12-15(13-18)16(20)19(4)11-10-14-8-6-5-7-9-14/h5-9,15H,10-13,18H2,1-4H3. The molecule has 0 bridgehead atoms. The molecule has 0 saturated heterocycles. The van der Waals surface area contributed by atoms with Crippen LogP contribution in [0.3, 0.4) is 0 Å². The first kappa shape index (κ1) is 16.7. The molecule has 0 radical (unpaired) electrons. The summed E-state index contributed by atoms with van der Waals surface area (Å²) in [5.74, 6) is 0.0918. The highest BCUT2D eigenvalue weighted by Crippen LogP contribution is 2.25. The third kappa shape index (κ3) is 5.74. The van der Waals surface area contributed by atoms with Crippen molar-refractivity contribution in [1.82, 2.24) is 4.90 Å². The molecule has 1 amide bonds. The lowest BCUT2D eigenvalue weighted by atomic mass is 9.84. The second kappa shape index (κ2) is 7.44. The lowest BCUT2D eigenvalue weighted by Gasteiger charge is -2.28. The Bertz CT molecular complexity index is 409. The number of carbonyl (C=O) groups excluding carboxylic acids is 1. The molecule has 0 aliphatic rings. The lowest BCUT2D eigenvalue weighted by Crippen LogP contribution is -2.39. The van der Waals surface area contributed by atoms with Gasteiger partial charge < -0.3 is 10.6 Å². The summed E-state index contributed by atoms with van der Waals surface area (Å²) >= 11 is 0. The van der Waals surface area contributed by atoms with Gasteiger partial charge >= 0.3 is 0 Å². The van der Waals surface area contributed by atoms with Crippen molar-refractivity contribution in [2.45, 2.75) is 33.6 Å². The van der Waals surface area contributed by atoms with E-state index in [1.807, 2.05) is 30.1 Å². The number of hydrogen-bond acceptors (Lipinski definition) is 2. The summed E-state index contributed by atoms with van der Waals surface area (Å²) in [5.41, 5.74) is 7.16. The topological polar surface area (TPSA) is 46.3 Å². The molecule has 20 heavy (non-hydrogen) atoms. The van der Waals surface area contributed by atoms with Crippen molar-refractivity contribution in [2.24, 2.45) is 17.1 Å². The molecule has 0 heterocycles. The van der Waals surface area contributed by atoms with E-state index >= 15 is 0 Å². The van der Waals surface area contributed by atoms with Gasteiger partial charge in [-0.1, -0.05) is 51.1 Å². The van der Waals surface area contributed by atoms with Gasteiger partial charge in [0, 0.05) is 20.1 Å². The van der Waals surface area contributed by atoms with Crippen LogP contribution in [0.5, 0.6) is 0 Å². The molecule has 112 valence electrons. The van der Waals surface area contributed by atoms with E-state index < -0.39 is 0 Å². The molecular formula is C17H28N2O. The molecule has 0 aliphatic heterocycles. The zero-order valence-electron chi connectivity index (χ0n) is 13.2. The Morgan fingerprint density at radius 2 is 1.85 bits per heavy atom. The Morgan fingerprint density at radius 1 is 1.25 bits per heavy atom. The number of likely N-dealkylation sites (N-methyl/N-ethyl adjacent to an activating group) is 1. The first-order valence-electron chi connectivity index (χ1n) is 7.32. The van der Waals surface area contributed by atoms with E-state index in [4.69, 9.17) is 5.73 Å². The van der Waals surface area contributed by atoms with Crippen LogP contribution in [-0.4, -0.2) is 30.9 Å². The molecule has 1 aromatic carbocycles. The molecule has 1 atom stereocenters. The minimum Gasteiger partial charge on any atom is -0.345 e. The average molecular weight is 276 g/mol. The average Bonchev–Trinajstić information content (AvgIpc) is 2.41. The molecule has 2 N–H and O–H groups in total. The lowest BCUT2D eigenvalue weighted by molar-refractivity contribution is -0.134. The monoisotopic (exact) mass is 276 g/mol. The minimum absolute atomic E-state index is 0.0734. The zero-order valence-corrected chi connectivity index (χ0v) is 13.2.